The number of fused-ring (bicyclic) bond motifs is 1. The number of benzene rings is 1. The molecule has 2 amide bonds. The third kappa shape index (κ3) is 4.67. The zero-order chi connectivity index (χ0) is 24.9. The molecule has 3 heterocycles. The Balaban J connectivity index is 1.45. The van der Waals surface area contributed by atoms with Crippen molar-refractivity contribution in [2.24, 2.45) is 5.73 Å². The van der Waals surface area contributed by atoms with Crippen molar-refractivity contribution in [2.45, 2.75) is 77.4 Å². The van der Waals surface area contributed by atoms with E-state index in [1.165, 1.54) is 0 Å². The molecular weight excluding hydrogens is 440 g/mol. The molecule has 0 bridgehead atoms. The molecule has 1 aromatic carbocycles. The lowest BCUT2D eigenvalue weighted by Gasteiger charge is -2.22. The van der Waals surface area contributed by atoms with Gasteiger partial charge in [0.25, 0.3) is 5.91 Å². The highest BCUT2D eigenvalue weighted by atomic mass is 16.2. The molecule has 35 heavy (non-hydrogen) atoms. The number of carbonyl (C=O) groups excluding carboxylic acids is 2. The SMILES string of the molecule is Cc1nn(C(C)(C)C)c2nc(C3CC3)cc(C(=O)Nc3cccc(CN4CCCC4C(N)=O)c3)c12. The number of anilines is 1. The Hall–Kier alpha value is -3.26. The summed E-state index contributed by atoms with van der Waals surface area (Å²) < 4.78 is 1.94. The van der Waals surface area contributed by atoms with Crippen LogP contribution in [0.1, 0.15) is 79.7 Å². The van der Waals surface area contributed by atoms with Crippen LogP contribution in [0, 0.1) is 6.92 Å². The minimum absolute atomic E-state index is 0.163. The van der Waals surface area contributed by atoms with E-state index in [0.29, 0.717) is 18.0 Å². The van der Waals surface area contributed by atoms with Gasteiger partial charge in [-0.25, -0.2) is 9.67 Å². The first-order valence-electron chi connectivity index (χ1n) is 12.5. The summed E-state index contributed by atoms with van der Waals surface area (Å²) in [5.41, 5.74) is 10.2. The molecule has 1 aliphatic carbocycles. The molecule has 8 nitrogen and oxygen atoms in total. The number of pyridine rings is 1. The van der Waals surface area contributed by atoms with Crippen LogP contribution in [0.25, 0.3) is 11.0 Å². The zero-order valence-corrected chi connectivity index (χ0v) is 21.0. The van der Waals surface area contributed by atoms with Crippen molar-refractivity contribution in [1.82, 2.24) is 19.7 Å². The average molecular weight is 475 g/mol. The minimum Gasteiger partial charge on any atom is -0.368 e. The zero-order valence-electron chi connectivity index (χ0n) is 21.0. The summed E-state index contributed by atoms with van der Waals surface area (Å²) in [5.74, 6) is -0.0212. The van der Waals surface area contributed by atoms with E-state index in [0.717, 1.165) is 65.9 Å². The fourth-order valence-corrected chi connectivity index (χ4v) is 5.06. The Morgan fingerprint density at radius 2 is 1.94 bits per heavy atom. The number of primary amides is 1. The van der Waals surface area contributed by atoms with Crippen molar-refractivity contribution >= 4 is 28.5 Å². The maximum atomic E-state index is 13.6. The number of amides is 2. The molecule has 0 radical (unpaired) electrons. The van der Waals surface area contributed by atoms with Gasteiger partial charge in [-0.2, -0.15) is 5.10 Å². The first-order chi connectivity index (χ1) is 16.6. The van der Waals surface area contributed by atoms with E-state index in [2.05, 4.69) is 31.0 Å². The third-order valence-corrected chi connectivity index (χ3v) is 6.97. The Labute approximate surface area is 205 Å². The van der Waals surface area contributed by atoms with Gasteiger partial charge in [0.1, 0.15) is 0 Å². The molecular formula is C27H34N6O2. The number of aromatic nitrogens is 3. The standard InChI is InChI=1S/C27H34N6O2/c1-16-23-20(14-21(18-10-11-18)30-25(23)33(31-16)27(2,3)4)26(35)29-19-8-5-7-17(13-19)15-32-12-6-9-22(32)24(28)34/h5,7-8,13-14,18,22H,6,9-12,15H2,1-4H3,(H2,28,34)(H,29,35). The molecule has 184 valence electrons. The van der Waals surface area contributed by atoms with E-state index < -0.39 is 0 Å². The topological polar surface area (TPSA) is 106 Å². The summed E-state index contributed by atoms with van der Waals surface area (Å²) >= 11 is 0. The lowest BCUT2D eigenvalue weighted by Crippen LogP contribution is -2.39. The molecule has 8 heteroatoms. The monoisotopic (exact) mass is 474 g/mol. The van der Waals surface area contributed by atoms with Gasteiger partial charge in [-0.15, -0.1) is 0 Å². The van der Waals surface area contributed by atoms with Crippen molar-refractivity contribution in [2.75, 3.05) is 11.9 Å². The van der Waals surface area contributed by atoms with Crippen LogP contribution in [0.3, 0.4) is 0 Å². The molecule has 3 aromatic rings. The molecule has 3 N–H and O–H groups in total. The summed E-state index contributed by atoms with van der Waals surface area (Å²) in [7, 11) is 0. The summed E-state index contributed by atoms with van der Waals surface area (Å²) in [5, 5.41) is 8.66. The normalized spacial score (nSPS) is 18.8. The number of hydrogen-bond acceptors (Lipinski definition) is 5. The Morgan fingerprint density at radius 3 is 2.63 bits per heavy atom. The van der Waals surface area contributed by atoms with Crippen LogP contribution < -0.4 is 11.1 Å². The number of likely N-dealkylation sites (tertiary alicyclic amines) is 1. The predicted molar refractivity (Wildman–Crippen MR) is 136 cm³/mol. The van der Waals surface area contributed by atoms with Crippen LogP contribution in [-0.2, 0) is 16.9 Å². The van der Waals surface area contributed by atoms with E-state index in [9.17, 15) is 9.59 Å². The maximum Gasteiger partial charge on any atom is 0.256 e. The lowest BCUT2D eigenvalue weighted by molar-refractivity contribution is -0.122. The van der Waals surface area contributed by atoms with Gasteiger partial charge >= 0.3 is 0 Å². The van der Waals surface area contributed by atoms with Gasteiger partial charge < -0.3 is 11.1 Å². The quantitative estimate of drug-likeness (QED) is 0.560. The molecule has 5 rings (SSSR count). The van der Waals surface area contributed by atoms with Crippen molar-refractivity contribution in [1.29, 1.82) is 0 Å². The van der Waals surface area contributed by atoms with E-state index in [4.69, 9.17) is 15.8 Å². The molecule has 1 saturated heterocycles. The number of carbonyl (C=O) groups is 2. The number of nitrogens with zero attached hydrogens (tertiary/aromatic N) is 4. The van der Waals surface area contributed by atoms with Gasteiger partial charge in [-0.1, -0.05) is 12.1 Å². The molecule has 1 unspecified atom stereocenters. The van der Waals surface area contributed by atoms with Crippen molar-refractivity contribution in [3.05, 3.63) is 52.8 Å². The van der Waals surface area contributed by atoms with E-state index in [1.807, 2.05) is 41.9 Å². The number of hydrogen-bond donors (Lipinski definition) is 2. The van der Waals surface area contributed by atoms with Crippen molar-refractivity contribution in [3.8, 4) is 0 Å². The highest BCUT2D eigenvalue weighted by molar-refractivity contribution is 6.12. The van der Waals surface area contributed by atoms with Crippen LogP contribution >= 0.6 is 0 Å². The molecule has 1 saturated carbocycles. The van der Waals surface area contributed by atoms with Crippen LogP contribution in [-0.4, -0.2) is 44.1 Å². The van der Waals surface area contributed by atoms with Gasteiger partial charge in [0.2, 0.25) is 5.91 Å². The number of nitrogens with one attached hydrogen (secondary N) is 1. The van der Waals surface area contributed by atoms with Crippen LogP contribution in [0.15, 0.2) is 30.3 Å². The van der Waals surface area contributed by atoms with Crippen LogP contribution in [0.4, 0.5) is 5.69 Å². The second-order valence-electron chi connectivity index (χ2n) is 10.9. The third-order valence-electron chi connectivity index (χ3n) is 6.97. The second-order valence-corrected chi connectivity index (χ2v) is 10.9. The fourth-order valence-electron chi connectivity index (χ4n) is 5.06. The highest BCUT2D eigenvalue weighted by Gasteiger charge is 2.31. The molecule has 2 fully saturated rings. The second kappa shape index (κ2) is 8.75. The highest BCUT2D eigenvalue weighted by Crippen LogP contribution is 2.41. The van der Waals surface area contributed by atoms with Gasteiger partial charge in [-0.3, -0.25) is 14.5 Å². The summed E-state index contributed by atoms with van der Waals surface area (Å²) in [6, 6.07) is 9.53. The average Bonchev–Trinajstić information content (AvgIpc) is 3.44. The summed E-state index contributed by atoms with van der Waals surface area (Å²) in [6.45, 7) is 9.70. The van der Waals surface area contributed by atoms with Crippen molar-refractivity contribution < 1.29 is 9.59 Å². The van der Waals surface area contributed by atoms with Crippen LogP contribution in [0.2, 0.25) is 0 Å². The van der Waals surface area contributed by atoms with Gasteiger partial charge in [0.15, 0.2) is 5.65 Å². The Bertz CT molecular complexity index is 1300. The minimum atomic E-state index is -0.272. The van der Waals surface area contributed by atoms with Gasteiger partial charge in [-0.05, 0) is 83.7 Å². The van der Waals surface area contributed by atoms with Crippen molar-refractivity contribution in [3.63, 3.8) is 0 Å². The number of aryl methyl sites for hydroxylation is 1. The van der Waals surface area contributed by atoms with E-state index in [1.54, 1.807) is 0 Å². The van der Waals surface area contributed by atoms with E-state index >= 15 is 0 Å². The Kier molecular flexibility index (Phi) is 5.87. The molecule has 1 atom stereocenters. The summed E-state index contributed by atoms with van der Waals surface area (Å²) in [4.78, 5) is 32.4. The van der Waals surface area contributed by atoms with Crippen LogP contribution in [0.5, 0.6) is 0 Å². The molecule has 2 aromatic heterocycles. The molecule has 1 aliphatic heterocycles. The molecule has 0 spiro atoms. The molecule has 2 aliphatic rings. The smallest absolute Gasteiger partial charge is 0.256 e. The first kappa shape index (κ1) is 23.5. The van der Waals surface area contributed by atoms with Gasteiger partial charge in [0, 0.05) is 23.8 Å². The van der Waals surface area contributed by atoms with Gasteiger partial charge in [0.05, 0.1) is 28.2 Å². The fraction of sp³-hybridized carbons (Fsp3) is 0.481. The van der Waals surface area contributed by atoms with E-state index in [-0.39, 0.29) is 23.4 Å². The Morgan fingerprint density at radius 1 is 1.17 bits per heavy atom. The predicted octanol–water partition coefficient (Wildman–Crippen LogP) is 4.07. The lowest BCUT2D eigenvalue weighted by atomic mass is 10.1. The summed E-state index contributed by atoms with van der Waals surface area (Å²) in [6.07, 6.45) is 3.97. The largest absolute Gasteiger partial charge is 0.368 e. The maximum absolute atomic E-state index is 13.6. The number of nitrogens with two attached hydrogens (primary N) is 1. The first-order valence-corrected chi connectivity index (χ1v) is 12.5. The number of rotatable bonds is 6.